The van der Waals surface area contributed by atoms with Crippen LogP contribution in [0.1, 0.15) is 37.9 Å². The van der Waals surface area contributed by atoms with Crippen molar-refractivity contribution < 1.29 is 18.0 Å². The molecule has 0 spiro atoms. The van der Waals surface area contributed by atoms with Crippen molar-refractivity contribution in [2.45, 2.75) is 38.5 Å². The first-order valence-electron chi connectivity index (χ1n) is 6.25. The van der Waals surface area contributed by atoms with Gasteiger partial charge in [-0.25, -0.2) is 0 Å². The molecule has 1 aromatic carbocycles. The van der Waals surface area contributed by atoms with E-state index >= 15 is 0 Å². The summed E-state index contributed by atoms with van der Waals surface area (Å²) in [6.07, 6.45) is -4.35. The molecule has 2 N–H and O–H groups in total. The van der Waals surface area contributed by atoms with Crippen molar-refractivity contribution in [3.8, 4) is 0 Å². The standard InChI is InChI=1S/C14H19F3N2O/c1-9(19-12(20)13(2,3)18-4)10-5-7-11(8-6-10)14(15,16)17/h5-9,18H,1-4H3,(H,19,20). The first-order chi connectivity index (χ1) is 9.08. The summed E-state index contributed by atoms with van der Waals surface area (Å²) in [5, 5.41) is 5.63. The number of likely N-dealkylation sites (N-methyl/N-ethyl adjacent to an activating group) is 1. The van der Waals surface area contributed by atoms with E-state index in [4.69, 9.17) is 0 Å². The van der Waals surface area contributed by atoms with Crippen molar-refractivity contribution in [2.24, 2.45) is 0 Å². The lowest BCUT2D eigenvalue weighted by atomic mass is 10.0. The third-order valence-electron chi connectivity index (χ3n) is 3.28. The molecule has 20 heavy (non-hydrogen) atoms. The second kappa shape index (κ2) is 5.83. The average Bonchev–Trinajstić information content (AvgIpc) is 2.37. The molecule has 1 amide bonds. The zero-order valence-corrected chi connectivity index (χ0v) is 11.9. The molecule has 0 bridgehead atoms. The molecule has 6 heteroatoms. The Hall–Kier alpha value is -1.56. The van der Waals surface area contributed by atoms with E-state index in [0.29, 0.717) is 5.56 Å². The molecule has 0 saturated heterocycles. The third kappa shape index (κ3) is 3.96. The zero-order chi connectivity index (χ0) is 15.6. The van der Waals surface area contributed by atoms with Crippen molar-refractivity contribution in [2.75, 3.05) is 7.05 Å². The van der Waals surface area contributed by atoms with E-state index in [0.717, 1.165) is 12.1 Å². The van der Waals surface area contributed by atoms with Crippen LogP contribution < -0.4 is 10.6 Å². The van der Waals surface area contributed by atoms with Crippen molar-refractivity contribution in [1.82, 2.24) is 10.6 Å². The highest BCUT2D eigenvalue weighted by atomic mass is 19.4. The van der Waals surface area contributed by atoms with Gasteiger partial charge in [-0.15, -0.1) is 0 Å². The first-order valence-corrected chi connectivity index (χ1v) is 6.25. The minimum Gasteiger partial charge on any atom is -0.348 e. The number of carbonyl (C=O) groups is 1. The summed E-state index contributed by atoms with van der Waals surface area (Å²) < 4.78 is 37.4. The number of benzene rings is 1. The first kappa shape index (κ1) is 16.5. The summed E-state index contributed by atoms with van der Waals surface area (Å²) in [6.45, 7) is 5.18. The van der Waals surface area contributed by atoms with Crippen LogP contribution in [0.5, 0.6) is 0 Å². The lowest BCUT2D eigenvalue weighted by Gasteiger charge is -2.25. The van der Waals surface area contributed by atoms with Gasteiger partial charge in [-0.05, 0) is 45.5 Å². The number of rotatable bonds is 4. The summed E-state index contributed by atoms with van der Waals surface area (Å²) in [6, 6.07) is 4.42. The molecule has 3 nitrogen and oxygen atoms in total. The molecule has 0 heterocycles. The Labute approximate surface area is 116 Å². The minimum atomic E-state index is -4.35. The van der Waals surface area contributed by atoms with E-state index < -0.39 is 17.3 Å². The van der Waals surface area contributed by atoms with E-state index in [1.165, 1.54) is 12.1 Å². The average molecular weight is 288 g/mol. The molecule has 0 fully saturated rings. The van der Waals surface area contributed by atoms with Gasteiger partial charge in [-0.1, -0.05) is 12.1 Å². The molecule has 0 aliphatic carbocycles. The molecule has 0 radical (unpaired) electrons. The van der Waals surface area contributed by atoms with Gasteiger partial charge < -0.3 is 10.6 Å². The second-order valence-electron chi connectivity index (χ2n) is 5.19. The number of carbonyl (C=O) groups excluding carboxylic acids is 1. The van der Waals surface area contributed by atoms with Crippen LogP contribution in [0.2, 0.25) is 0 Å². The highest BCUT2D eigenvalue weighted by Crippen LogP contribution is 2.29. The molecule has 0 aliphatic heterocycles. The van der Waals surface area contributed by atoms with Gasteiger partial charge in [-0.2, -0.15) is 13.2 Å². The normalized spacial score (nSPS) is 13.9. The van der Waals surface area contributed by atoms with Gasteiger partial charge in [0.2, 0.25) is 5.91 Å². The molecule has 0 aliphatic rings. The molecular weight excluding hydrogens is 269 g/mol. The monoisotopic (exact) mass is 288 g/mol. The van der Waals surface area contributed by atoms with Crippen LogP contribution in [0.15, 0.2) is 24.3 Å². The van der Waals surface area contributed by atoms with Crippen LogP contribution in [-0.2, 0) is 11.0 Å². The molecule has 1 atom stereocenters. The van der Waals surface area contributed by atoms with Gasteiger partial charge in [-0.3, -0.25) is 4.79 Å². The maximum atomic E-state index is 12.5. The van der Waals surface area contributed by atoms with E-state index in [1.807, 2.05) is 0 Å². The molecule has 0 aromatic heterocycles. The van der Waals surface area contributed by atoms with Crippen molar-refractivity contribution in [3.63, 3.8) is 0 Å². The van der Waals surface area contributed by atoms with Crippen molar-refractivity contribution in [1.29, 1.82) is 0 Å². The van der Waals surface area contributed by atoms with Crippen LogP contribution in [0.4, 0.5) is 13.2 Å². The summed E-state index contributed by atoms with van der Waals surface area (Å²) >= 11 is 0. The molecular formula is C14H19F3N2O. The third-order valence-corrected chi connectivity index (χ3v) is 3.28. The quantitative estimate of drug-likeness (QED) is 0.894. The maximum absolute atomic E-state index is 12.5. The fraction of sp³-hybridized carbons (Fsp3) is 0.500. The van der Waals surface area contributed by atoms with Crippen LogP contribution >= 0.6 is 0 Å². The highest BCUT2D eigenvalue weighted by Gasteiger charge is 2.30. The zero-order valence-electron chi connectivity index (χ0n) is 11.9. The van der Waals surface area contributed by atoms with Crippen LogP contribution in [-0.4, -0.2) is 18.5 Å². The fourth-order valence-corrected chi connectivity index (χ4v) is 1.53. The highest BCUT2D eigenvalue weighted by molar-refractivity contribution is 5.85. The predicted octanol–water partition coefficient (Wildman–Crippen LogP) is 2.88. The van der Waals surface area contributed by atoms with Crippen LogP contribution in [0.25, 0.3) is 0 Å². The predicted molar refractivity (Wildman–Crippen MR) is 71.1 cm³/mol. The molecule has 1 rings (SSSR count). The van der Waals surface area contributed by atoms with Gasteiger partial charge >= 0.3 is 6.18 Å². The fourth-order valence-electron chi connectivity index (χ4n) is 1.53. The number of alkyl halides is 3. The molecule has 1 aromatic rings. The Morgan fingerprint density at radius 3 is 2.05 bits per heavy atom. The Kier molecular flexibility index (Phi) is 4.81. The molecule has 112 valence electrons. The molecule has 1 unspecified atom stereocenters. The van der Waals surface area contributed by atoms with Crippen LogP contribution in [0, 0.1) is 0 Å². The van der Waals surface area contributed by atoms with Gasteiger partial charge in [0, 0.05) is 0 Å². The maximum Gasteiger partial charge on any atom is 0.416 e. The van der Waals surface area contributed by atoms with E-state index in [1.54, 1.807) is 27.8 Å². The Bertz CT molecular complexity index is 466. The summed E-state index contributed by atoms with van der Waals surface area (Å²) in [5.41, 5.74) is -0.811. The summed E-state index contributed by atoms with van der Waals surface area (Å²) in [4.78, 5) is 12.0. The lowest BCUT2D eigenvalue weighted by Crippen LogP contribution is -2.51. The molecule has 0 saturated carbocycles. The Morgan fingerprint density at radius 2 is 1.65 bits per heavy atom. The number of hydrogen-bond acceptors (Lipinski definition) is 2. The van der Waals surface area contributed by atoms with Gasteiger partial charge in [0.1, 0.15) is 0 Å². The van der Waals surface area contributed by atoms with Crippen molar-refractivity contribution in [3.05, 3.63) is 35.4 Å². The lowest BCUT2D eigenvalue weighted by molar-refractivity contribution is -0.137. The van der Waals surface area contributed by atoms with E-state index in [2.05, 4.69) is 10.6 Å². The Morgan fingerprint density at radius 1 is 1.15 bits per heavy atom. The Balaban J connectivity index is 2.79. The van der Waals surface area contributed by atoms with Crippen LogP contribution in [0.3, 0.4) is 0 Å². The summed E-state index contributed by atoms with van der Waals surface area (Å²) in [7, 11) is 1.67. The number of nitrogens with one attached hydrogen (secondary N) is 2. The van der Waals surface area contributed by atoms with Gasteiger partial charge in [0.05, 0.1) is 17.1 Å². The smallest absolute Gasteiger partial charge is 0.348 e. The summed E-state index contributed by atoms with van der Waals surface area (Å²) in [5.74, 6) is -0.215. The topological polar surface area (TPSA) is 41.1 Å². The minimum absolute atomic E-state index is 0.215. The number of halogens is 3. The van der Waals surface area contributed by atoms with E-state index in [-0.39, 0.29) is 11.9 Å². The van der Waals surface area contributed by atoms with Gasteiger partial charge in [0.15, 0.2) is 0 Å². The SMILES string of the molecule is CNC(C)(C)C(=O)NC(C)c1ccc(C(F)(F)F)cc1. The largest absolute Gasteiger partial charge is 0.416 e. The second-order valence-corrected chi connectivity index (χ2v) is 5.19. The van der Waals surface area contributed by atoms with E-state index in [9.17, 15) is 18.0 Å². The number of amides is 1. The van der Waals surface area contributed by atoms with Crippen molar-refractivity contribution >= 4 is 5.91 Å². The number of hydrogen-bond donors (Lipinski definition) is 2. The van der Waals surface area contributed by atoms with Gasteiger partial charge in [0.25, 0.3) is 0 Å².